The van der Waals surface area contributed by atoms with Crippen molar-refractivity contribution < 1.29 is 13.2 Å². The monoisotopic (exact) mass is 275 g/mol. The first-order valence-electron chi connectivity index (χ1n) is 5.77. The third kappa shape index (κ3) is 2.16. The van der Waals surface area contributed by atoms with E-state index in [0.717, 1.165) is 15.8 Å². The van der Waals surface area contributed by atoms with Crippen LogP contribution < -0.4 is 0 Å². The van der Waals surface area contributed by atoms with Gasteiger partial charge < -0.3 is 0 Å². The minimum Gasteiger partial charge on any atom is -0.219 e. The van der Waals surface area contributed by atoms with Crippen LogP contribution in [0.2, 0.25) is 0 Å². The third-order valence-electron chi connectivity index (χ3n) is 2.77. The van der Waals surface area contributed by atoms with Crippen LogP contribution in [0.3, 0.4) is 0 Å². The quantitative estimate of drug-likeness (QED) is 0.671. The average molecular weight is 275 g/mol. The zero-order valence-corrected chi connectivity index (χ0v) is 10.1. The van der Waals surface area contributed by atoms with E-state index in [2.05, 4.69) is 10.1 Å². The molecule has 0 unspecified atom stereocenters. The molecule has 2 heterocycles. The van der Waals surface area contributed by atoms with Gasteiger partial charge >= 0.3 is 0 Å². The molecule has 0 fully saturated rings. The van der Waals surface area contributed by atoms with Gasteiger partial charge in [0.1, 0.15) is 0 Å². The fourth-order valence-electron chi connectivity index (χ4n) is 1.81. The highest BCUT2D eigenvalue weighted by atomic mass is 19.2. The largest absolute Gasteiger partial charge is 0.251 e. The lowest BCUT2D eigenvalue weighted by molar-refractivity contribution is 0.458. The summed E-state index contributed by atoms with van der Waals surface area (Å²) in [6, 6.07) is 9.73. The van der Waals surface area contributed by atoms with Crippen molar-refractivity contribution in [2.75, 3.05) is 0 Å². The number of rotatable bonds is 2. The molecule has 3 aromatic rings. The summed E-state index contributed by atoms with van der Waals surface area (Å²) in [7, 11) is 0. The molecular formula is C14H8F3N3. The number of aromatic nitrogens is 3. The summed E-state index contributed by atoms with van der Waals surface area (Å²) < 4.78 is 40.6. The van der Waals surface area contributed by atoms with Crippen molar-refractivity contribution in [3.05, 3.63) is 66.4 Å². The predicted molar refractivity (Wildman–Crippen MR) is 66.7 cm³/mol. The molecule has 0 aliphatic heterocycles. The van der Waals surface area contributed by atoms with Crippen LogP contribution in [0.1, 0.15) is 0 Å². The smallest absolute Gasteiger partial charge is 0.219 e. The number of hydrogen-bond donors (Lipinski definition) is 0. The third-order valence-corrected chi connectivity index (χ3v) is 2.77. The minimum atomic E-state index is -1.36. The minimum absolute atomic E-state index is 0.383. The zero-order chi connectivity index (χ0) is 14.1. The Hall–Kier alpha value is -2.63. The molecule has 0 saturated heterocycles. The number of benzene rings is 1. The summed E-state index contributed by atoms with van der Waals surface area (Å²) in [6.45, 7) is 0. The summed E-state index contributed by atoms with van der Waals surface area (Å²) in [5.41, 5.74) is 1.60. The molecule has 3 nitrogen and oxygen atoms in total. The Labute approximate surface area is 112 Å². The van der Waals surface area contributed by atoms with Crippen LogP contribution in [-0.2, 0) is 0 Å². The molecule has 0 bridgehead atoms. The number of nitrogens with zero attached hydrogens (tertiary/aromatic N) is 3. The van der Waals surface area contributed by atoms with E-state index in [1.807, 2.05) is 30.3 Å². The first-order valence-corrected chi connectivity index (χ1v) is 5.77. The summed E-state index contributed by atoms with van der Waals surface area (Å²) in [5, 5.41) is 3.92. The first-order chi connectivity index (χ1) is 9.65. The molecule has 0 N–H and O–H groups in total. The maximum Gasteiger partial charge on any atom is 0.251 e. The Kier molecular flexibility index (Phi) is 2.98. The molecule has 20 heavy (non-hydrogen) atoms. The molecule has 3 rings (SSSR count). The van der Waals surface area contributed by atoms with Gasteiger partial charge in [0.2, 0.25) is 0 Å². The van der Waals surface area contributed by atoms with Crippen molar-refractivity contribution in [2.24, 2.45) is 0 Å². The van der Waals surface area contributed by atoms with Crippen molar-refractivity contribution in [2.45, 2.75) is 0 Å². The second-order valence-corrected chi connectivity index (χ2v) is 4.11. The van der Waals surface area contributed by atoms with Gasteiger partial charge in [-0.1, -0.05) is 30.3 Å². The molecule has 0 radical (unpaired) electrons. The van der Waals surface area contributed by atoms with E-state index >= 15 is 0 Å². The zero-order valence-electron chi connectivity index (χ0n) is 10.1. The summed E-state index contributed by atoms with van der Waals surface area (Å²) in [5.74, 6) is -4.06. The van der Waals surface area contributed by atoms with Crippen LogP contribution in [0.25, 0.3) is 16.9 Å². The van der Waals surface area contributed by atoms with Crippen LogP contribution in [-0.4, -0.2) is 14.8 Å². The lowest BCUT2D eigenvalue weighted by atomic mass is 10.1. The van der Waals surface area contributed by atoms with Crippen molar-refractivity contribution in [3.8, 4) is 16.9 Å². The standard InChI is InChI=1S/C14H8F3N3/c15-11-6-12(16)14(19-13(11)17)20-8-10(7-18-20)9-4-2-1-3-5-9/h1-8H. The Morgan fingerprint density at radius 1 is 0.900 bits per heavy atom. The van der Waals surface area contributed by atoms with Crippen molar-refractivity contribution >= 4 is 0 Å². The van der Waals surface area contributed by atoms with Crippen LogP contribution in [0.4, 0.5) is 13.2 Å². The maximum atomic E-state index is 13.6. The van der Waals surface area contributed by atoms with E-state index in [0.29, 0.717) is 6.07 Å². The molecule has 6 heteroatoms. The molecule has 0 spiro atoms. The van der Waals surface area contributed by atoms with Gasteiger partial charge in [-0.3, -0.25) is 0 Å². The maximum absolute atomic E-state index is 13.6. The fourth-order valence-corrected chi connectivity index (χ4v) is 1.81. The molecule has 100 valence electrons. The van der Waals surface area contributed by atoms with E-state index in [-0.39, 0.29) is 5.82 Å². The lowest BCUT2D eigenvalue weighted by Crippen LogP contribution is -2.05. The van der Waals surface area contributed by atoms with Crippen LogP contribution >= 0.6 is 0 Å². The summed E-state index contributed by atoms with van der Waals surface area (Å²) in [4.78, 5) is 3.23. The normalized spacial score (nSPS) is 10.8. The van der Waals surface area contributed by atoms with Gasteiger partial charge in [-0.05, 0) is 5.56 Å². The lowest BCUT2D eigenvalue weighted by Gasteiger charge is -2.02. The van der Waals surface area contributed by atoms with Gasteiger partial charge in [0, 0.05) is 17.8 Å². The van der Waals surface area contributed by atoms with Gasteiger partial charge in [-0.25, -0.2) is 13.5 Å². The molecule has 0 saturated carbocycles. The first kappa shape index (κ1) is 12.4. The molecule has 2 aromatic heterocycles. The van der Waals surface area contributed by atoms with E-state index < -0.39 is 17.6 Å². The van der Waals surface area contributed by atoms with E-state index in [1.165, 1.54) is 12.4 Å². The molecule has 0 aliphatic carbocycles. The predicted octanol–water partition coefficient (Wildman–Crippen LogP) is 3.35. The Balaban J connectivity index is 2.05. The van der Waals surface area contributed by atoms with Crippen LogP contribution in [0, 0.1) is 17.6 Å². The van der Waals surface area contributed by atoms with Gasteiger partial charge in [-0.15, -0.1) is 0 Å². The van der Waals surface area contributed by atoms with Gasteiger partial charge in [-0.2, -0.15) is 14.5 Å². The Morgan fingerprint density at radius 3 is 2.40 bits per heavy atom. The Morgan fingerprint density at radius 2 is 1.65 bits per heavy atom. The van der Waals surface area contributed by atoms with Gasteiger partial charge in [0.05, 0.1) is 6.20 Å². The SMILES string of the molecule is Fc1cc(F)c(-n2cc(-c3ccccc3)cn2)nc1F. The van der Waals surface area contributed by atoms with Gasteiger partial charge in [0.15, 0.2) is 17.5 Å². The molecule has 0 atom stereocenters. The highest BCUT2D eigenvalue weighted by molar-refractivity contribution is 5.61. The second kappa shape index (κ2) is 4.80. The van der Waals surface area contributed by atoms with Gasteiger partial charge in [0.25, 0.3) is 5.95 Å². The Bertz CT molecular complexity index is 754. The highest BCUT2D eigenvalue weighted by Crippen LogP contribution is 2.20. The number of halogens is 3. The van der Waals surface area contributed by atoms with Crippen LogP contribution in [0.15, 0.2) is 48.8 Å². The van der Waals surface area contributed by atoms with Crippen molar-refractivity contribution in [1.82, 2.24) is 14.8 Å². The number of hydrogen-bond acceptors (Lipinski definition) is 2. The highest BCUT2D eigenvalue weighted by Gasteiger charge is 2.14. The van der Waals surface area contributed by atoms with Crippen molar-refractivity contribution in [3.63, 3.8) is 0 Å². The topological polar surface area (TPSA) is 30.7 Å². The molecular weight excluding hydrogens is 267 g/mol. The van der Waals surface area contributed by atoms with Crippen LogP contribution in [0.5, 0.6) is 0 Å². The summed E-state index contributed by atoms with van der Waals surface area (Å²) in [6.07, 6.45) is 3.00. The van der Waals surface area contributed by atoms with E-state index in [9.17, 15) is 13.2 Å². The summed E-state index contributed by atoms with van der Waals surface area (Å²) >= 11 is 0. The average Bonchev–Trinajstić information content (AvgIpc) is 2.93. The van der Waals surface area contributed by atoms with E-state index in [4.69, 9.17) is 0 Å². The number of pyridine rings is 1. The van der Waals surface area contributed by atoms with E-state index in [1.54, 1.807) is 0 Å². The second-order valence-electron chi connectivity index (χ2n) is 4.11. The van der Waals surface area contributed by atoms with Crippen molar-refractivity contribution in [1.29, 1.82) is 0 Å². The fraction of sp³-hybridized carbons (Fsp3) is 0. The molecule has 0 amide bonds. The molecule has 1 aromatic carbocycles. The molecule has 0 aliphatic rings.